The molecule has 1 heterocycles. The number of thiazole rings is 1. The maximum absolute atomic E-state index is 11.0. The quantitative estimate of drug-likeness (QED) is 0.523. The Morgan fingerprint density at radius 2 is 1.92 bits per heavy atom. The van der Waals surface area contributed by atoms with E-state index in [4.69, 9.17) is 0 Å². The summed E-state index contributed by atoms with van der Waals surface area (Å²) < 4.78 is 4.61. The number of carbonyl (C=O) groups excluding carboxylic acids is 2. The van der Waals surface area contributed by atoms with E-state index in [2.05, 4.69) is 20.4 Å². The van der Waals surface area contributed by atoms with Crippen molar-refractivity contribution in [3.63, 3.8) is 0 Å². The third-order valence-corrected chi connectivity index (χ3v) is 4.37. The number of unbranched alkanes of at least 4 members (excludes halogenated alkanes) is 2. The molecular weight excluding hydrogens is 338 g/mol. The summed E-state index contributed by atoms with van der Waals surface area (Å²) in [4.78, 5) is 26.6. The van der Waals surface area contributed by atoms with E-state index in [0.717, 1.165) is 47.9 Å². The van der Waals surface area contributed by atoms with Crippen LogP contribution in [0.5, 0.6) is 0 Å². The molecule has 0 aliphatic carbocycles. The number of anilines is 2. The van der Waals surface area contributed by atoms with Gasteiger partial charge in [0.05, 0.1) is 12.8 Å². The van der Waals surface area contributed by atoms with E-state index < -0.39 is 0 Å². The molecule has 25 heavy (non-hydrogen) atoms. The molecule has 1 amide bonds. The van der Waals surface area contributed by atoms with Crippen molar-refractivity contribution in [1.29, 1.82) is 0 Å². The van der Waals surface area contributed by atoms with Crippen LogP contribution in [-0.4, -0.2) is 30.5 Å². The Hall–Kier alpha value is -2.41. The largest absolute Gasteiger partial charge is 0.469 e. The number of amides is 1. The second-order valence-electron chi connectivity index (χ2n) is 5.61. The van der Waals surface area contributed by atoms with E-state index in [1.807, 2.05) is 29.6 Å². The van der Waals surface area contributed by atoms with Crippen molar-refractivity contribution in [2.45, 2.75) is 32.6 Å². The van der Waals surface area contributed by atoms with E-state index >= 15 is 0 Å². The average Bonchev–Trinajstić information content (AvgIpc) is 3.06. The van der Waals surface area contributed by atoms with Gasteiger partial charge in [0.25, 0.3) is 0 Å². The highest BCUT2D eigenvalue weighted by molar-refractivity contribution is 7.14. The van der Waals surface area contributed by atoms with Gasteiger partial charge < -0.3 is 15.4 Å². The molecule has 0 bridgehead atoms. The Bertz CT molecular complexity index is 698. The molecule has 0 aliphatic rings. The molecule has 1 aromatic heterocycles. The molecular formula is C18H23N3O3S. The molecule has 0 unspecified atom stereocenters. The summed E-state index contributed by atoms with van der Waals surface area (Å²) in [5.41, 5.74) is 2.70. The van der Waals surface area contributed by atoms with Crippen LogP contribution in [0.15, 0.2) is 29.6 Å². The van der Waals surface area contributed by atoms with Crippen LogP contribution in [0, 0.1) is 0 Å². The molecule has 0 saturated carbocycles. The van der Waals surface area contributed by atoms with Crippen molar-refractivity contribution < 1.29 is 14.3 Å². The van der Waals surface area contributed by atoms with Gasteiger partial charge in [0, 0.05) is 36.5 Å². The number of carbonyl (C=O) groups is 2. The number of nitrogens with zero attached hydrogens (tertiary/aromatic N) is 1. The maximum atomic E-state index is 11.0. The molecule has 1 aromatic carbocycles. The lowest BCUT2D eigenvalue weighted by Gasteiger charge is -2.03. The van der Waals surface area contributed by atoms with Gasteiger partial charge in [-0.3, -0.25) is 9.59 Å². The van der Waals surface area contributed by atoms with Crippen LogP contribution in [0.2, 0.25) is 0 Å². The van der Waals surface area contributed by atoms with Crippen LogP contribution in [0.4, 0.5) is 10.8 Å². The summed E-state index contributed by atoms with van der Waals surface area (Å²) in [6.07, 6.45) is 3.28. The summed E-state index contributed by atoms with van der Waals surface area (Å²) in [5, 5.41) is 8.94. The van der Waals surface area contributed by atoms with Crippen molar-refractivity contribution in [1.82, 2.24) is 4.98 Å². The van der Waals surface area contributed by atoms with Gasteiger partial charge in [0.1, 0.15) is 0 Å². The Morgan fingerprint density at radius 3 is 2.60 bits per heavy atom. The zero-order chi connectivity index (χ0) is 18.1. The highest BCUT2D eigenvalue weighted by atomic mass is 32.1. The van der Waals surface area contributed by atoms with Crippen LogP contribution in [0.25, 0.3) is 11.3 Å². The lowest BCUT2D eigenvalue weighted by molar-refractivity contribution is -0.140. The summed E-state index contributed by atoms with van der Waals surface area (Å²) in [6, 6.07) is 7.61. The second kappa shape index (κ2) is 9.78. The highest BCUT2D eigenvalue weighted by Gasteiger charge is 2.05. The van der Waals surface area contributed by atoms with Gasteiger partial charge in [-0.1, -0.05) is 18.6 Å². The molecule has 2 N–H and O–H groups in total. The molecule has 7 heteroatoms. The zero-order valence-corrected chi connectivity index (χ0v) is 15.3. The van der Waals surface area contributed by atoms with Gasteiger partial charge in [-0.15, -0.1) is 11.3 Å². The Labute approximate surface area is 151 Å². The van der Waals surface area contributed by atoms with Crippen LogP contribution in [0.3, 0.4) is 0 Å². The number of hydrogen-bond acceptors (Lipinski definition) is 6. The third-order valence-electron chi connectivity index (χ3n) is 3.57. The van der Waals surface area contributed by atoms with Gasteiger partial charge >= 0.3 is 5.97 Å². The predicted molar refractivity (Wildman–Crippen MR) is 101 cm³/mol. The fourth-order valence-corrected chi connectivity index (χ4v) is 3.03. The fourth-order valence-electron chi connectivity index (χ4n) is 2.28. The number of benzene rings is 1. The lowest BCUT2D eigenvalue weighted by atomic mass is 10.1. The maximum Gasteiger partial charge on any atom is 0.305 e. The van der Waals surface area contributed by atoms with Crippen molar-refractivity contribution in [3.05, 3.63) is 29.6 Å². The molecule has 0 saturated heterocycles. The van der Waals surface area contributed by atoms with Gasteiger partial charge in [-0.05, 0) is 25.0 Å². The molecule has 0 atom stereocenters. The Morgan fingerprint density at radius 1 is 1.16 bits per heavy atom. The molecule has 0 fully saturated rings. The molecule has 0 radical (unpaired) electrons. The van der Waals surface area contributed by atoms with Crippen molar-refractivity contribution in [3.8, 4) is 11.3 Å². The number of rotatable bonds is 9. The molecule has 134 valence electrons. The predicted octanol–water partition coefficient (Wildman–Crippen LogP) is 3.91. The molecule has 2 aromatic rings. The van der Waals surface area contributed by atoms with Gasteiger partial charge in [0.15, 0.2) is 5.13 Å². The first kappa shape index (κ1) is 18.9. The third kappa shape index (κ3) is 6.54. The number of nitrogens with one attached hydrogen (secondary N) is 2. The second-order valence-corrected chi connectivity index (χ2v) is 6.47. The topological polar surface area (TPSA) is 80.3 Å². The molecule has 2 rings (SSSR count). The summed E-state index contributed by atoms with van der Waals surface area (Å²) in [5.74, 6) is -0.235. The number of ether oxygens (including phenoxy) is 1. The van der Waals surface area contributed by atoms with E-state index in [1.54, 1.807) is 11.3 Å². The van der Waals surface area contributed by atoms with Crippen molar-refractivity contribution in [2.24, 2.45) is 0 Å². The van der Waals surface area contributed by atoms with E-state index in [-0.39, 0.29) is 11.9 Å². The van der Waals surface area contributed by atoms with Gasteiger partial charge in [-0.2, -0.15) is 0 Å². The molecule has 0 spiro atoms. The summed E-state index contributed by atoms with van der Waals surface area (Å²) >= 11 is 1.57. The van der Waals surface area contributed by atoms with E-state index in [0.29, 0.717) is 6.42 Å². The van der Waals surface area contributed by atoms with Crippen molar-refractivity contribution in [2.75, 3.05) is 24.3 Å². The lowest BCUT2D eigenvalue weighted by Crippen LogP contribution is -2.05. The van der Waals surface area contributed by atoms with Gasteiger partial charge in [0.2, 0.25) is 5.91 Å². The first-order chi connectivity index (χ1) is 12.1. The fraction of sp³-hybridized carbons (Fsp3) is 0.389. The Balaban J connectivity index is 1.76. The van der Waals surface area contributed by atoms with Crippen LogP contribution in [-0.2, 0) is 14.3 Å². The highest BCUT2D eigenvalue weighted by Crippen LogP contribution is 2.26. The zero-order valence-electron chi connectivity index (χ0n) is 14.5. The first-order valence-electron chi connectivity index (χ1n) is 8.22. The van der Waals surface area contributed by atoms with Gasteiger partial charge in [-0.25, -0.2) is 4.98 Å². The number of hydrogen-bond donors (Lipinski definition) is 2. The average molecular weight is 361 g/mol. The van der Waals surface area contributed by atoms with E-state index in [1.165, 1.54) is 14.0 Å². The minimum absolute atomic E-state index is 0.0838. The number of esters is 1. The van der Waals surface area contributed by atoms with E-state index in [9.17, 15) is 9.59 Å². The monoisotopic (exact) mass is 361 g/mol. The standard InChI is InChI=1S/C18H23N3O3S/c1-13(22)20-15-9-7-14(8-10-15)16-12-25-18(21-16)19-11-5-3-4-6-17(23)24-2/h7-10,12H,3-6,11H2,1-2H3,(H,19,21)(H,20,22). The Kier molecular flexibility index (Phi) is 7.40. The SMILES string of the molecule is COC(=O)CCCCCNc1nc(-c2ccc(NC(C)=O)cc2)cs1. The summed E-state index contributed by atoms with van der Waals surface area (Å²) in [7, 11) is 1.41. The number of aromatic nitrogens is 1. The molecule has 0 aliphatic heterocycles. The minimum Gasteiger partial charge on any atom is -0.469 e. The minimum atomic E-state index is -0.151. The van der Waals surface area contributed by atoms with Crippen LogP contribution in [0.1, 0.15) is 32.6 Å². The number of methoxy groups -OCH3 is 1. The normalized spacial score (nSPS) is 10.3. The molecule has 6 nitrogen and oxygen atoms in total. The smallest absolute Gasteiger partial charge is 0.305 e. The summed E-state index contributed by atoms with van der Waals surface area (Å²) in [6.45, 7) is 2.32. The first-order valence-corrected chi connectivity index (χ1v) is 9.10. The van der Waals surface area contributed by atoms with Crippen LogP contribution >= 0.6 is 11.3 Å². The van der Waals surface area contributed by atoms with Crippen LogP contribution < -0.4 is 10.6 Å². The van der Waals surface area contributed by atoms with Crippen molar-refractivity contribution >= 4 is 34.0 Å².